The molecular weight excluding hydrogens is 444 g/mol. The molecule has 2 aromatic heterocycles. The summed E-state index contributed by atoms with van der Waals surface area (Å²) in [4.78, 5) is 27.0. The van der Waals surface area contributed by atoms with E-state index in [2.05, 4.69) is 23.3 Å². The first kappa shape index (κ1) is 21.7. The molecule has 1 unspecified atom stereocenters. The van der Waals surface area contributed by atoms with E-state index in [1.807, 2.05) is 103 Å². The molecule has 5 nitrogen and oxygen atoms in total. The second-order valence-electron chi connectivity index (χ2n) is 8.90. The van der Waals surface area contributed by atoms with Gasteiger partial charge in [-0.2, -0.15) is 0 Å². The van der Waals surface area contributed by atoms with Gasteiger partial charge in [0.05, 0.1) is 27.8 Å². The van der Waals surface area contributed by atoms with E-state index in [0.717, 1.165) is 44.3 Å². The zero-order valence-electron chi connectivity index (χ0n) is 19.8. The van der Waals surface area contributed by atoms with Crippen LogP contribution in [0.1, 0.15) is 33.4 Å². The van der Waals surface area contributed by atoms with Crippen LogP contribution in [0.25, 0.3) is 33.2 Å². The van der Waals surface area contributed by atoms with Crippen LogP contribution in [-0.2, 0) is 0 Å². The Morgan fingerprint density at radius 2 is 1.50 bits per heavy atom. The predicted octanol–water partition coefficient (Wildman–Crippen LogP) is 6.61. The largest absolute Gasteiger partial charge is 0.340 e. The quantitative estimate of drug-likeness (QED) is 0.299. The molecule has 1 atom stereocenters. The molecule has 0 saturated heterocycles. The van der Waals surface area contributed by atoms with Crippen molar-refractivity contribution in [2.45, 2.75) is 13.0 Å². The van der Waals surface area contributed by atoms with Crippen molar-refractivity contribution in [3.8, 4) is 11.3 Å². The molecule has 2 heterocycles. The number of rotatable bonds is 5. The number of aryl methyl sites for hydroxylation is 1. The second-order valence-corrected chi connectivity index (χ2v) is 8.90. The second kappa shape index (κ2) is 9.12. The molecule has 0 aliphatic carbocycles. The first-order valence-corrected chi connectivity index (χ1v) is 11.9. The third-order valence-corrected chi connectivity index (χ3v) is 6.37. The number of amides is 1. The Hall–Kier alpha value is -4.77. The highest BCUT2D eigenvalue weighted by atomic mass is 16.1. The average Bonchev–Trinajstić information content (AvgIpc) is 3.34. The minimum atomic E-state index is -0.446. The number of hydrogen-bond acceptors (Lipinski definition) is 3. The maximum atomic E-state index is 13.9. The number of benzene rings is 4. The highest BCUT2D eigenvalue weighted by Gasteiger charge is 2.23. The zero-order valence-corrected chi connectivity index (χ0v) is 19.8. The summed E-state index contributed by atoms with van der Waals surface area (Å²) < 4.78 is 0. The summed E-state index contributed by atoms with van der Waals surface area (Å²) in [6, 6.07) is 35.1. The molecule has 0 fully saturated rings. The molecule has 36 heavy (non-hydrogen) atoms. The lowest BCUT2D eigenvalue weighted by Gasteiger charge is -2.18. The maximum absolute atomic E-state index is 13.9. The van der Waals surface area contributed by atoms with Gasteiger partial charge in [0.25, 0.3) is 5.91 Å². The molecule has 174 valence electrons. The SMILES string of the molecule is Cc1ccc2nc(C(NC(=O)c3cc(-c4ccccc4)nc4ccccc34)c3ccccc3)[nH]c2c1. The Labute approximate surface area is 208 Å². The number of imidazole rings is 1. The van der Waals surface area contributed by atoms with Gasteiger partial charge in [0.1, 0.15) is 11.9 Å². The highest BCUT2D eigenvalue weighted by molar-refractivity contribution is 6.07. The lowest BCUT2D eigenvalue weighted by atomic mass is 10.0. The van der Waals surface area contributed by atoms with Gasteiger partial charge < -0.3 is 10.3 Å². The topological polar surface area (TPSA) is 70.7 Å². The molecule has 0 bridgehead atoms. The normalized spacial score (nSPS) is 12.0. The van der Waals surface area contributed by atoms with Gasteiger partial charge in [-0.15, -0.1) is 0 Å². The molecule has 0 aliphatic heterocycles. The number of carbonyl (C=O) groups is 1. The van der Waals surface area contributed by atoms with Crippen molar-refractivity contribution in [3.63, 3.8) is 0 Å². The Bertz CT molecular complexity index is 1690. The van der Waals surface area contributed by atoms with Crippen molar-refractivity contribution < 1.29 is 4.79 Å². The van der Waals surface area contributed by atoms with Gasteiger partial charge in [0.15, 0.2) is 0 Å². The average molecular weight is 469 g/mol. The molecule has 0 spiro atoms. The number of nitrogens with one attached hydrogen (secondary N) is 2. The number of fused-ring (bicyclic) bond motifs is 2. The lowest BCUT2D eigenvalue weighted by Crippen LogP contribution is -2.30. The molecule has 0 radical (unpaired) electrons. The lowest BCUT2D eigenvalue weighted by molar-refractivity contribution is 0.0943. The zero-order chi connectivity index (χ0) is 24.5. The van der Waals surface area contributed by atoms with Crippen LogP contribution in [0.2, 0.25) is 0 Å². The van der Waals surface area contributed by atoms with Crippen LogP contribution < -0.4 is 5.32 Å². The fourth-order valence-electron chi connectivity index (χ4n) is 4.56. The van der Waals surface area contributed by atoms with E-state index in [4.69, 9.17) is 9.97 Å². The van der Waals surface area contributed by atoms with Crippen molar-refractivity contribution in [2.75, 3.05) is 0 Å². The van der Waals surface area contributed by atoms with Crippen LogP contribution in [0.4, 0.5) is 0 Å². The third-order valence-electron chi connectivity index (χ3n) is 6.37. The molecule has 0 saturated carbocycles. The fraction of sp³-hybridized carbons (Fsp3) is 0.0645. The number of carbonyl (C=O) groups excluding carboxylic acids is 1. The Balaban J connectivity index is 1.45. The Kier molecular flexibility index (Phi) is 5.51. The van der Waals surface area contributed by atoms with Gasteiger partial charge in [-0.3, -0.25) is 4.79 Å². The smallest absolute Gasteiger partial charge is 0.252 e. The van der Waals surface area contributed by atoms with Crippen LogP contribution in [-0.4, -0.2) is 20.9 Å². The third kappa shape index (κ3) is 4.12. The van der Waals surface area contributed by atoms with E-state index in [-0.39, 0.29) is 5.91 Å². The number of aromatic nitrogens is 3. The van der Waals surface area contributed by atoms with Gasteiger partial charge in [-0.25, -0.2) is 9.97 Å². The monoisotopic (exact) mass is 468 g/mol. The van der Waals surface area contributed by atoms with Crippen LogP contribution in [0.3, 0.4) is 0 Å². The van der Waals surface area contributed by atoms with E-state index in [9.17, 15) is 4.79 Å². The maximum Gasteiger partial charge on any atom is 0.252 e. The Morgan fingerprint density at radius 1 is 0.778 bits per heavy atom. The van der Waals surface area contributed by atoms with Crippen LogP contribution in [0.15, 0.2) is 109 Å². The summed E-state index contributed by atoms with van der Waals surface area (Å²) in [6.07, 6.45) is 0. The number of H-pyrrole nitrogens is 1. The summed E-state index contributed by atoms with van der Waals surface area (Å²) in [5.41, 5.74) is 6.98. The number of pyridine rings is 1. The first-order chi connectivity index (χ1) is 17.7. The molecule has 2 N–H and O–H groups in total. The molecule has 6 aromatic rings. The van der Waals surface area contributed by atoms with E-state index in [1.54, 1.807) is 0 Å². The Morgan fingerprint density at radius 3 is 2.31 bits per heavy atom. The van der Waals surface area contributed by atoms with E-state index in [1.165, 1.54) is 0 Å². The van der Waals surface area contributed by atoms with Gasteiger partial charge in [0.2, 0.25) is 0 Å². The molecule has 0 aliphatic rings. The van der Waals surface area contributed by atoms with Gasteiger partial charge in [0, 0.05) is 10.9 Å². The minimum absolute atomic E-state index is 0.184. The summed E-state index contributed by atoms with van der Waals surface area (Å²) >= 11 is 0. The van der Waals surface area contributed by atoms with E-state index >= 15 is 0 Å². The predicted molar refractivity (Wildman–Crippen MR) is 144 cm³/mol. The minimum Gasteiger partial charge on any atom is -0.340 e. The molecule has 4 aromatic carbocycles. The van der Waals surface area contributed by atoms with Crippen molar-refractivity contribution in [1.82, 2.24) is 20.3 Å². The summed E-state index contributed by atoms with van der Waals surface area (Å²) in [5.74, 6) is 0.507. The number of hydrogen-bond donors (Lipinski definition) is 2. The van der Waals surface area contributed by atoms with Gasteiger partial charge >= 0.3 is 0 Å². The molecule has 5 heteroatoms. The number of nitrogens with zero attached hydrogens (tertiary/aromatic N) is 2. The van der Waals surface area contributed by atoms with E-state index < -0.39 is 6.04 Å². The standard InChI is InChI=1S/C31H24N4O/c1-20-16-17-26-28(18-20)34-30(33-26)29(22-12-6-3-7-13-22)35-31(36)24-19-27(21-10-4-2-5-11-21)32-25-15-9-8-14-23(24)25/h2-19,29H,1H3,(H,33,34)(H,35,36). The van der Waals surface area contributed by atoms with Crippen molar-refractivity contribution in [2.24, 2.45) is 0 Å². The number of para-hydroxylation sites is 1. The van der Waals surface area contributed by atoms with Crippen LogP contribution >= 0.6 is 0 Å². The summed E-state index contributed by atoms with van der Waals surface area (Å²) in [6.45, 7) is 2.05. The van der Waals surface area contributed by atoms with Crippen LogP contribution in [0, 0.1) is 6.92 Å². The first-order valence-electron chi connectivity index (χ1n) is 11.9. The van der Waals surface area contributed by atoms with Crippen molar-refractivity contribution in [1.29, 1.82) is 0 Å². The van der Waals surface area contributed by atoms with Crippen molar-refractivity contribution in [3.05, 3.63) is 132 Å². The summed E-state index contributed by atoms with van der Waals surface area (Å²) in [7, 11) is 0. The highest BCUT2D eigenvalue weighted by Crippen LogP contribution is 2.27. The molecule has 6 rings (SSSR count). The van der Waals surface area contributed by atoms with Crippen LogP contribution in [0.5, 0.6) is 0 Å². The molecular formula is C31H24N4O. The van der Waals surface area contributed by atoms with Crippen molar-refractivity contribution >= 4 is 27.8 Å². The fourth-order valence-corrected chi connectivity index (χ4v) is 4.56. The van der Waals surface area contributed by atoms with Gasteiger partial charge in [-0.1, -0.05) is 84.9 Å². The van der Waals surface area contributed by atoms with E-state index in [0.29, 0.717) is 11.4 Å². The molecule has 1 amide bonds. The van der Waals surface area contributed by atoms with Gasteiger partial charge in [-0.05, 0) is 42.3 Å². The summed E-state index contributed by atoms with van der Waals surface area (Å²) in [5, 5.41) is 4.06. The number of aromatic amines is 1.